The zero-order valence-electron chi connectivity index (χ0n) is 24.6. The third-order valence-electron chi connectivity index (χ3n) is 7.90. The minimum Gasteiger partial charge on any atom is -0.379 e. The van der Waals surface area contributed by atoms with Crippen molar-refractivity contribution in [2.75, 3.05) is 30.9 Å². The molecule has 1 aliphatic carbocycles. The summed E-state index contributed by atoms with van der Waals surface area (Å²) in [6.07, 6.45) is 0.855. The molecule has 2 aliphatic rings. The number of hydrogen-bond acceptors (Lipinski definition) is 7. The maximum absolute atomic E-state index is 14.1. The number of nitrogens with zero attached hydrogens (tertiary/aromatic N) is 3. The molecule has 1 aromatic heterocycles. The molecule has 5 rings (SSSR count). The van der Waals surface area contributed by atoms with Crippen LogP contribution in [-0.4, -0.2) is 47.1 Å². The van der Waals surface area contributed by atoms with Gasteiger partial charge in [-0.3, -0.25) is 4.79 Å². The Labute approximate surface area is 251 Å². The van der Waals surface area contributed by atoms with Crippen molar-refractivity contribution in [3.05, 3.63) is 70.4 Å². The van der Waals surface area contributed by atoms with Gasteiger partial charge in [0.1, 0.15) is 11.4 Å². The van der Waals surface area contributed by atoms with Crippen LogP contribution in [0.5, 0.6) is 0 Å². The number of anilines is 4. The molecular weight excluding hydrogens is 578 g/mol. The molecule has 1 aliphatic heterocycles. The average Bonchev–Trinajstić information content (AvgIpc) is 3.28. The lowest BCUT2D eigenvalue weighted by atomic mass is 9.80. The maximum Gasteiger partial charge on any atom is 0.421 e. The fraction of sp³-hybridized carbons (Fsp3) is 0.452. The molecule has 1 fully saturated rings. The fourth-order valence-electron chi connectivity index (χ4n) is 5.79. The van der Waals surface area contributed by atoms with E-state index in [2.05, 4.69) is 20.6 Å². The summed E-state index contributed by atoms with van der Waals surface area (Å²) in [5.74, 6) is -0.380. The second kappa shape index (κ2) is 13.6. The number of alkyl halides is 3. The van der Waals surface area contributed by atoms with Crippen molar-refractivity contribution in [3.63, 3.8) is 0 Å². The Kier molecular flexibility index (Phi) is 9.84. The molecule has 0 saturated heterocycles. The van der Waals surface area contributed by atoms with E-state index in [1.165, 1.54) is 0 Å². The van der Waals surface area contributed by atoms with Gasteiger partial charge in [-0.15, -0.1) is 0 Å². The Bertz CT molecular complexity index is 1430. The molecule has 2 heterocycles. The molecule has 1 amide bonds. The standard InChI is InChI=1S/C31H37F3N5O3P/c1-4-41-22-12-8-20(9-13-22)23-14-15-26(27-24(23)17-39(3)29(27)40)37-28-25(31(32,33)34)16-35-30(38-28)36-21-10-6-19(7-11-21)18-43-42-5-2/h6-7,10-11,14-16,20,22,43H,4-5,8-9,12-13,17-18H2,1-3H3,(H2,35,36,37,38). The van der Waals surface area contributed by atoms with Gasteiger partial charge < -0.3 is 24.8 Å². The van der Waals surface area contributed by atoms with Crippen molar-refractivity contribution in [2.45, 2.75) is 70.4 Å². The summed E-state index contributed by atoms with van der Waals surface area (Å²) in [6, 6.07) is 11.1. The number of rotatable bonds is 11. The Morgan fingerprint density at radius 1 is 1.02 bits per heavy atom. The molecule has 12 heteroatoms. The molecule has 2 aromatic carbocycles. The van der Waals surface area contributed by atoms with Crippen LogP contribution in [0.25, 0.3) is 0 Å². The van der Waals surface area contributed by atoms with Gasteiger partial charge in [0, 0.05) is 53.7 Å². The molecule has 1 unspecified atom stereocenters. The zero-order chi connectivity index (χ0) is 30.6. The van der Waals surface area contributed by atoms with E-state index in [0.717, 1.165) is 54.7 Å². The highest BCUT2D eigenvalue weighted by Crippen LogP contribution is 2.42. The molecule has 43 heavy (non-hydrogen) atoms. The number of benzene rings is 2. The SMILES string of the molecule is CCOPCc1ccc(Nc2ncc(C(F)(F)F)c(Nc3ccc(C4CCC(OCC)CC4)c4c3C(=O)N(C)C4)n2)cc1. The predicted octanol–water partition coefficient (Wildman–Crippen LogP) is 7.76. The summed E-state index contributed by atoms with van der Waals surface area (Å²) in [4.78, 5) is 23.0. The monoisotopic (exact) mass is 615 g/mol. The first kappa shape index (κ1) is 31.2. The summed E-state index contributed by atoms with van der Waals surface area (Å²) in [6.45, 7) is 5.70. The van der Waals surface area contributed by atoms with Crippen LogP contribution in [0, 0.1) is 0 Å². The lowest BCUT2D eigenvalue weighted by Crippen LogP contribution is -2.21. The second-order valence-electron chi connectivity index (χ2n) is 10.8. The lowest BCUT2D eigenvalue weighted by molar-refractivity contribution is -0.137. The number of carbonyl (C=O) groups excluding carboxylic acids is 1. The van der Waals surface area contributed by atoms with E-state index in [-0.39, 0.29) is 23.9 Å². The number of carbonyl (C=O) groups is 1. The van der Waals surface area contributed by atoms with E-state index in [4.69, 9.17) is 9.26 Å². The van der Waals surface area contributed by atoms with Gasteiger partial charge in [0.05, 0.1) is 17.4 Å². The van der Waals surface area contributed by atoms with Crippen molar-refractivity contribution in [2.24, 2.45) is 0 Å². The minimum absolute atomic E-state index is 0.00205. The third-order valence-corrected chi connectivity index (χ3v) is 8.95. The normalized spacial score (nSPS) is 18.8. The Balaban J connectivity index is 1.41. The number of nitrogens with one attached hydrogen (secondary N) is 2. The largest absolute Gasteiger partial charge is 0.421 e. The molecule has 1 atom stereocenters. The van der Waals surface area contributed by atoms with E-state index in [1.807, 2.05) is 44.2 Å². The summed E-state index contributed by atoms with van der Waals surface area (Å²) in [5.41, 5.74) is 3.35. The van der Waals surface area contributed by atoms with Crippen LogP contribution in [-0.2, 0) is 28.1 Å². The van der Waals surface area contributed by atoms with Crippen LogP contribution in [0.1, 0.15) is 78.1 Å². The molecule has 0 bridgehead atoms. The number of ether oxygens (including phenoxy) is 1. The summed E-state index contributed by atoms with van der Waals surface area (Å²) >= 11 is 0. The number of amides is 1. The molecule has 0 spiro atoms. The van der Waals surface area contributed by atoms with Gasteiger partial charge in [0.25, 0.3) is 5.91 Å². The van der Waals surface area contributed by atoms with Gasteiger partial charge >= 0.3 is 6.18 Å². The van der Waals surface area contributed by atoms with Gasteiger partial charge in [-0.2, -0.15) is 18.2 Å². The molecule has 1 saturated carbocycles. The van der Waals surface area contributed by atoms with Gasteiger partial charge in [0.2, 0.25) is 5.95 Å². The van der Waals surface area contributed by atoms with Crippen molar-refractivity contribution in [3.8, 4) is 0 Å². The van der Waals surface area contributed by atoms with E-state index < -0.39 is 17.6 Å². The second-order valence-corrected chi connectivity index (χ2v) is 11.7. The predicted molar refractivity (Wildman–Crippen MR) is 163 cm³/mol. The maximum atomic E-state index is 14.1. The topological polar surface area (TPSA) is 88.6 Å². The number of hydrogen-bond donors (Lipinski definition) is 2. The number of fused-ring (bicyclic) bond motifs is 1. The van der Waals surface area contributed by atoms with Crippen LogP contribution in [0.4, 0.5) is 36.3 Å². The van der Waals surface area contributed by atoms with Crippen LogP contribution < -0.4 is 10.6 Å². The summed E-state index contributed by atoms with van der Waals surface area (Å²) in [5, 5.41) is 5.85. The van der Waals surface area contributed by atoms with E-state index in [9.17, 15) is 18.0 Å². The lowest BCUT2D eigenvalue weighted by Gasteiger charge is -2.30. The van der Waals surface area contributed by atoms with Crippen LogP contribution in [0.15, 0.2) is 42.6 Å². The molecule has 2 N–H and O–H groups in total. The first-order valence-corrected chi connectivity index (χ1v) is 15.7. The van der Waals surface area contributed by atoms with Crippen LogP contribution >= 0.6 is 8.81 Å². The van der Waals surface area contributed by atoms with Crippen molar-refractivity contribution in [1.29, 1.82) is 0 Å². The molecule has 0 radical (unpaired) electrons. The highest BCUT2D eigenvalue weighted by Gasteiger charge is 2.37. The highest BCUT2D eigenvalue weighted by atomic mass is 31.1. The number of halogens is 3. The average molecular weight is 616 g/mol. The third kappa shape index (κ3) is 7.28. The Hall–Kier alpha value is -3.27. The van der Waals surface area contributed by atoms with Crippen molar-refractivity contribution in [1.82, 2.24) is 14.9 Å². The van der Waals surface area contributed by atoms with E-state index >= 15 is 0 Å². The van der Waals surface area contributed by atoms with E-state index in [0.29, 0.717) is 45.5 Å². The summed E-state index contributed by atoms with van der Waals surface area (Å²) in [7, 11) is 2.07. The van der Waals surface area contributed by atoms with Crippen molar-refractivity contribution < 1.29 is 27.2 Å². The quantitative estimate of drug-likeness (QED) is 0.168. The number of aromatic nitrogens is 2. The van der Waals surface area contributed by atoms with Gasteiger partial charge in [-0.25, -0.2) is 4.98 Å². The minimum atomic E-state index is -4.70. The highest BCUT2D eigenvalue weighted by molar-refractivity contribution is 7.31. The van der Waals surface area contributed by atoms with Crippen molar-refractivity contribution >= 4 is 37.9 Å². The van der Waals surface area contributed by atoms with Gasteiger partial charge in [-0.1, -0.05) is 18.2 Å². The molecular formula is C31H37F3N5O3P. The van der Waals surface area contributed by atoms with Crippen LogP contribution in [0.3, 0.4) is 0 Å². The smallest absolute Gasteiger partial charge is 0.379 e. The van der Waals surface area contributed by atoms with Gasteiger partial charge in [-0.05, 0) is 80.3 Å². The summed E-state index contributed by atoms with van der Waals surface area (Å²) < 4.78 is 53.4. The van der Waals surface area contributed by atoms with E-state index in [1.54, 1.807) is 18.0 Å². The zero-order valence-corrected chi connectivity index (χ0v) is 25.6. The first-order chi connectivity index (χ1) is 20.7. The molecule has 8 nitrogen and oxygen atoms in total. The first-order valence-electron chi connectivity index (χ1n) is 14.6. The van der Waals surface area contributed by atoms with Crippen LogP contribution in [0.2, 0.25) is 0 Å². The molecule has 3 aromatic rings. The van der Waals surface area contributed by atoms with Gasteiger partial charge in [0.15, 0.2) is 0 Å². The fourth-order valence-corrected chi connectivity index (χ4v) is 6.49. The Morgan fingerprint density at radius 2 is 1.77 bits per heavy atom. The Morgan fingerprint density at radius 3 is 2.44 bits per heavy atom. The molecule has 230 valence electrons.